The highest BCUT2D eigenvalue weighted by atomic mass is 16.4. The van der Waals surface area contributed by atoms with Gasteiger partial charge in [0.25, 0.3) is 0 Å². The number of nitrogens with two attached hydrogens (primary N) is 2. The van der Waals surface area contributed by atoms with Crippen molar-refractivity contribution in [1.29, 1.82) is 0 Å². The van der Waals surface area contributed by atoms with Crippen LogP contribution in [-0.4, -0.2) is 58.6 Å². The number of carboxylic acids is 2. The second kappa shape index (κ2) is 15.1. The summed E-state index contributed by atoms with van der Waals surface area (Å²) in [7, 11) is 0. The first-order valence-electron chi connectivity index (χ1n) is 10.1. The number of guanidine groups is 1. The summed E-state index contributed by atoms with van der Waals surface area (Å²) < 4.78 is 0. The smallest absolute Gasteiger partial charge is 0.326 e. The van der Waals surface area contributed by atoms with Crippen molar-refractivity contribution in [2.75, 3.05) is 6.54 Å². The largest absolute Gasteiger partial charge is 0.481 e. The predicted molar refractivity (Wildman–Crippen MR) is 112 cm³/mol. The normalized spacial score (nSPS) is 12.6. The van der Waals surface area contributed by atoms with Gasteiger partial charge in [-0.2, -0.15) is 0 Å². The van der Waals surface area contributed by atoms with Gasteiger partial charge in [-0.05, 0) is 18.8 Å². The molecule has 2 amide bonds. The lowest BCUT2D eigenvalue weighted by atomic mass is 10.0. The minimum absolute atomic E-state index is 0.0820. The lowest BCUT2D eigenvalue weighted by Crippen LogP contribution is -2.53. The molecule has 11 heteroatoms. The number of amides is 2. The van der Waals surface area contributed by atoms with E-state index in [2.05, 4.69) is 15.6 Å². The molecule has 0 aliphatic rings. The average Bonchev–Trinajstić information content (AvgIpc) is 2.62. The van der Waals surface area contributed by atoms with Gasteiger partial charge in [0, 0.05) is 13.0 Å². The van der Waals surface area contributed by atoms with Crippen molar-refractivity contribution in [2.24, 2.45) is 22.4 Å². The molecular weight excluding hydrogens is 394 g/mol. The Hall–Kier alpha value is -2.85. The van der Waals surface area contributed by atoms with E-state index in [0.29, 0.717) is 13.0 Å². The van der Waals surface area contributed by atoms with Crippen LogP contribution >= 0.6 is 0 Å². The van der Waals surface area contributed by atoms with E-state index in [4.69, 9.17) is 21.7 Å². The molecule has 30 heavy (non-hydrogen) atoms. The lowest BCUT2D eigenvalue weighted by Gasteiger charge is -2.22. The van der Waals surface area contributed by atoms with Crippen molar-refractivity contribution >= 4 is 29.7 Å². The van der Waals surface area contributed by atoms with Crippen molar-refractivity contribution in [3.8, 4) is 0 Å². The SMILES string of the molecule is CC(C)C(NC(=O)C(CC(=O)O)NC(=O)CCCCCCCCN=C(N)N)C(=O)O. The van der Waals surface area contributed by atoms with E-state index in [1.165, 1.54) is 0 Å². The van der Waals surface area contributed by atoms with E-state index in [-0.39, 0.29) is 12.4 Å². The van der Waals surface area contributed by atoms with E-state index in [0.717, 1.165) is 32.1 Å². The van der Waals surface area contributed by atoms with Crippen LogP contribution < -0.4 is 22.1 Å². The zero-order valence-electron chi connectivity index (χ0n) is 17.7. The molecule has 0 aromatic rings. The van der Waals surface area contributed by atoms with E-state index in [9.17, 15) is 19.2 Å². The molecule has 2 atom stereocenters. The molecule has 0 aliphatic heterocycles. The van der Waals surface area contributed by atoms with Crippen LogP contribution in [0.3, 0.4) is 0 Å². The highest BCUT2D eigenvalue weighted by Gasteiger charge is 2.29. The van der Waals surface area contributed by atoms with E-state index in [1.807, 2.05) is 0 Å². The van der Waals surface area contributed by atoms with Crippen molar-refractivity contribution in [3.63, 3.8) is 0 Å². The number of aliphatic imine (C=N–C) groups is 1. The molecule has 8 N–H and O–H groups in total. The topological polar surface area (TPSA) is 197 Å². The monoisotopic (exact) mass is 429 g/mol. The molecule has 0 heterocycles. The Labute approximate surface area is 176 Å². The van der Waals surface area contributed by atoms with Crippen LogP contribution in [0.25, 0.3) is 0 Å². The number of carboxylic acid groups (broad SMARTS) is 2. The van der Waals surface area contributed by atoms with Gasteiger partial charge in [-0.15, -0.1) is 0 Å². The van der Waals surface area contributed by atoms with Crippen LogP contribution in [0.5, 0.6) is 0 Å². The standard InChI is InChI=1S/C19H35N5O6/c1-12(2)16(18(29)30)24-17(28)13(11-15(26)27)23-14(25)9-7-5-3-4-6-8-10-22-19(20)21/h12-13,16H,3-11H2,1-2H3,(H,23,25)(H,24,28)(H,26,27)(H,29,30)(H4,20,21,22). The maximum absolute atomic E-state index is 12.3. The average molecular weight is 430 g/mol. The molecule has 0 saturated carbocycles. The van der Waals surface area contributed by atoms with E-state index >= 15 is 0 Å². The quantitative estimate of drug-likeness (QED) is 0.113. The lowest BCUT2D eigenvalue weighted by molar-refractivity contribution is -0.144. The fraction of sp³-hybridized carbons (Fsp3) is 0.737. The molecule has 0 aromatic heterocycles. The van der Waals surface area contributed by atoms with Crippen LogP contribution in [0.2, 0.25) is 0 Å². The Morgan fingerprint density at radius 2 is 1.47 bits per heavy atom. The third-order valence-electron chi connectivity index (χ3n) is 4.37. The molecule has 172 valence electrons. The van der Waals surface area contributed by atoms with Gasteiger partial charge in [-0.1, -0.05) is 39.5 Å². The molecule has 0 rings (SSSR count). The van der Waals surface area contributed by atoms with Gasteiger partial charge < -0.3 is 32.3 Å². The fourth-order valence-corrected chi connectivity index (χ4v) is 2.73. The number of nitrogens with zero attached hydrogens (tertiary/aromatic N) is 1. The van der Waals surface area contributed by atoms with Crippen LogP contribution in [-0.2, 0) is 19.2 Å². The van der Waals surface area contributed by atoms with Gasteiger partial charge in [-0.25, -0.2) is 4.79 Å². The van der Waals surface area contributed by atoms with Gasteiger partial charge in [0.2, 0.25) is 11.8 Å². The zero-order chi connectivity index (χ0) is 23.1. The molecular formula is C19H35N5O6. The second-order valence-corrected chi connectivity index (χ2v) is 7.46. The molecule has 0 aromatic carbocycles. The van der Waals surface area contributed by atoms with Crippen LogP contribution in [0.15, 0.2) is 4.99 Å². The van der Waals surface area contributed by atoms with Gasteiger partial charge >= 0.3 is 11.9 Å². The summed E-state index contributed by atoms with van der Waals surface area (Å²) in [4.78, 5) is 50.5. The van der Waals surface area contributed by atoms with Crippen LogP contribution in [0.1, 0.15) is 65.2 Å². The third-order valence-corrected chi connectivity index (χ3v) is 4.37. The maximum Gasteiger partial charge on any atom is 0.326 e. The number of hydrogen-bond acceptors (Lipinski definition) is 5. The molecule has 0 radical (unpaired) electrons. The zero-order valence-corrected chi connectivity index (χ0v) is 17.7. The van der Waals surface area contributed by atoms with Crippen molar-refractivity contribution in [2.45, 2.75) is 77.3 Å². The first kappa shape index (κ1) is 27.1. The molecule has 0 fully saturated rings. The first-order valence-corrected chi connectivity index (χ1v) is 10.1. The summed E-state index contributed by atoms with van der Waals surface area (Å²) in [6, 6.07) is -2.50. The highest BCUT2D eigenvalue weighted by Crippen LogP contribution is 2.08. The number of aliphatic carboxylic acids is 2. The number of carbonyl (C=O) groups excluding carboxylic acids is 2. The van der Waals surface area contributed by atoms with Crippen LogP contribution in [0, 0.1) is 5.92 Å². The summed E-state index contributed by atoms with van der Waals surface area (Å²) in [5.74, 6) is -4.08. The van der Waals surface area contributed by atoms with E-state index in [1.54, 1.807) is 13.8 Å². The van der Waals surface area contributed by atoms with Gasteiger partial charge in [0.05, 0.1) is 6.42 Å². The summed E-state index contributed by atoms with van der Waals surface area (Å²) >= 11 is 0. The van der Waals surface area contributed by atoms with Crippen LogP contribution in [0.4, 0.5) is 0 Å². The fourth-order valence-electron chi connectivity index (χ4n) is 2.73. The van der Waals surface area contributed by atoms with Crippen molar-refractivity contribution in [3.05, 3.63) is 0 Å². The molecule has 0 aliphatic carbocycles. The molecule has 0 bridgehead atoms. The predicted octanol–water partition coefficient (Wildman–Crippen LogP) is 0.175. The number of carbonyl (C=O) groups is 4. The molecule has 0 spiro atoms. The Bertz CT molecular complexity index is 604. The second-order valence-electron chi connectivity index (χ2n) is 7.46. The number of rotatable bonds is 16. The molecule has 11 nitrogen and oxygen atoms in total. The maximum atomic E-state index is 12.3. The third kappa shape index (κ3) is 13.3. The number of nitrogens with one attached hydrogen (secondary N) is 2. The Kier molecular flexibility index (Phi) is 13.6. The highest BCUT2D eigenvalue weighted by molar-refractivity contribution is 5.92. The van der Waals surface area contributed by atoms with Gasteiger partial charge in [0.15, 0.2) is 5.96 Å². The van der Waals surface area contributed by atoms with Crippen molar-refractivity contribution in [1.82, 2.24) is 10.6 Å². The Morgan fingerprint density at radius 3 is 1.97 bits per heavy atom. The minimum Gasteiger partial charge on any atom is -0.481 e. The number of unbranched alkanes of at least 4 members (excludes halogenated alkanes) is 5. The minimum atomic E-state index is -1.33. The Morgan fingerprint density at radius 1 is 0.900 bits per heavy atom. The first-order chi connectivity index (χ1) is 14.0. The Balaban J connectivity index is 4.35. The van der Waals surface area contributed by atoms with Crippen molar-refractivity contribution < 1.29 is 29.4 Å². The van der Waals surface area contributed by atoms with Gasteiger partial charge in [0.1, 0.15) is 12.1 Å². The summed E-state index contributed by atoms with van der Waals surface area (Å²) in [6.07, 6.45) is 4.73. The number of hydrogen-bond donors (Lipinski definition) is 6. The summed E-state index contributed by atoms with van der Waals surface area (Å²) in [6.45, 7) is 3.83. The summed E-state index contributed by atoms with van der Waals surface area (Å²) in [5.41, 5.74) is 10.5. The van der Waals surface area contributed by atoms with E-state index < -0.39 is 48.2 Å². The molecule has 0 saturated heterocycles. The molecule has 2 unspecified atom stereocenters. The summed E-state index contributed by atoms with van der Waals surface area (Å²) in [5, 5.41) is 22.8. The van der Waals surface area contributed by atoms with Gasteiger partial charge in [-0.3, -0.25) is 19.4 Å².